The maximum atomic E-state index is 13.5. The van der Waals surface area contributed by atoms with E-state index in [0.29, 0.717) is 11.5 Å². The maximum absolute atomic E-state index is 13.5. The molecular formula is C21H15ClN8O2. The Labute approximate surface area is 186 Å². The van der Waals surface area contributed by atoms with Gasteiger partial charge >= 0.3 is 0 Å². The number of fused-ring (bicyclic) bond motifs is 1. The van der Waals surface area contributed by atoms with Crippen molar-refractivity contribution in [3.8, 4) is 11.8 Å². The van der Waals surface area contributed by atoms with Crippen LogP contribution in [0.2, 0.25) is 5.02 Å². The van der Waals surface area contributed by atoms with Gasteiger partial charge < -0.3 is 10.6 Å². The number of nitriles is 1. The Morgan fingerprint density at radius 1 is 1.19 bits per heavy atom. The Hall–Kier alpha value is -4.23. The molecule has 1 aliphatic rings. The summed E-state index contributed by atoms with van der Waals surface area (Å²) in [6, 6.07) is 11.9. The summed E-state index contributed by atoms with van der Waals surface area (Å²) in [5.74, 6) is 0.414. The number of halogens is 1. The molecule has 0 bridgehead atoms. The number of rotatable bonds is 3. The minimum atomic E-state index is -0.664. The molecule has 0 unspecified atom stereocenters. The molecule has 5 rings (SSSR count). The lowest BCUT2D eigenvalue weighted by atomic mass is 10.1. The molecule has 3 aromatic heterocycles. The first-order valence-electron chi connectivity index (χ1n) is 9.64. The Morgan fingerprint density at radius 3 is 2.72 bits per heavy atom. The minimum absolute atomic E-state index is 0.00900. The number of anilines is 2. The van der Waals surface area contributed by atoms with Gasteiger partial charge in [-0.25, -0.2) is 9.50 Å². The van der Waals surface area contributed by atoms with E-state index < -0.39 is 6.04 Å². The van der Waals surface area contributed by atoms with Crippen LogP contribution in [0.1, 0.15) is 23.9 Å². The lowest BCUT2D eigenvalue weighted by Crippen LogP contribution is -2.33. The van der Waals surface area contributed by atoms with Crippen LogP contribution in [0.15, 0.2) is 53.6 Å². The summed E-state index contributed by atoms with van der Waals surface area (Å²) in [6.07, 6.45) is 2.97. The molecule has 158 valence electrons. The van der Waals surface area contributed by atoms with E-state index in [1.807, 2.05) is 12.1 Å². The van der Waals surface area contributed by atoms with E-state index in [-0.39, 0.29) is 52.2 Å². The molecule has 0 spiro atoms. The number of hydrogen-bond donors (Lipinski definition) is 1. The minimum Gasteiger partial charge on any atom is -0.368 e. The molecule has 0 aliphatic carbocycles. The predicted molar refractivity (Wildman–Crippen MR) is 117 cm³/mol. The third-order valence-corrected chi connectivity index (χ3v) is 5.60. The van der Waals surface area contributed by atoms with E-state index in [1.165, 1.54) is 15.3 Å². The molecule has 1 aromatic carbocycles. The smallest absolute Gasteiger partial charge is 0.284 e. The fraction of sp³-hybridized carbons (Fsp3) is 0.143. The highest BCUT2D eigenvalue weighted by Gasteiger charge is 2.38. The Balaban J connectivity index is 1.79. The average molecular weight is 447 g/mol. The second-order valence-corrected chi connectivity index (χ2v) is 7.66. The van der Waals surface area contributed by atoms with Crippen LogP contribution in [-0.2, 0) is 4.79 Å². The number of carbonyl (C=O) groups excluding carboxylic acids is 1. The number of carbonyl (C=O) groups is 1. The number of aromatic nitrogens is 5. The van der Waals surface area contributed by atoms with Gasteiger partial charge in [0.2, 0.25) is 5.95 Å². The molecule has 0 saturated carbocycles. The molecule has 11 heteroatoms. The van der Waals surface area contributed by atoms with Gasteiger partial charge in [-0.1, -0.05) is 29.8 Å². The van der Waals surface area contributed by atoms with Crippen molar-refractivity contribution in [1.82, 2.24) is 24.1 Å². The van der Waals surface area contributed by atoms with E-state index in [9.17, 15) is 14.9 Å². The van der Waals surface area contributed by atoms with Crippen LogP contribution in [-0.4, -0.2) is 36.5 Å². The van der Waals surface area contributed by atoms with Crippen LogP contribution in [0.4, 0.5) is 11.8 Å². The summed E-state index contributed by atoms with van der Waals surface area (Å²) in [5.41, 5.74) is 6.34. The van der Waals surface area contributed by atoms with Gasteiger partial charge in [-0.2, -0.15) is 15.3 Å². The Bertz CT molecular complexity index is 1470. The van der Waals surface area contributed by atoms with Crippen LogP contribution >= 0.6 is 11.6 Å². The highest BCUT2D eigenvalue weighted by Crippen LogP contribution is 2.35. The van der Waals surface area contributed by atoms with Crippen molar-refractivity contribution in [1.29, 1.82) is 5.26 Å². The van der Waals surface area contributed by atoms with E-state index in [2.05, 4.69) is 15.1 Å². The van der Waals surface area contributed by atoms with Gasteiger partial charge in [-0.05, 0) is 18.2 Å². The number of benzene rings is 1. The van der Waals surface area contributed by atoms with Gasteiger partial charge in [0.1, 0.15) is 17.1 Å². The van der Waals surface area contributed by atoms with E-state index in [1.54, 1.807) is 41.4 Å². The molecule has 1 aliphatic heterocycles. The van der Waals surface area contributed by atoms with Gasteiger partial charge in [0.05, 0.1) is 29.5 Å². The van der Waals surface area contributed by atoms with Crippen molar-refractivity contribution >= 4 is 34.7 Å². The second-order valence-electron chi connectivity index (χ2n) is 7.25. The summed E-state index contributed by atoms with van der Waals surface area (Å²) < 4.78 is 2.84. The number of Topliss-reactive ketones (excluding diaryl/α,β-unsaturated/α-hetero) is 1. The van der Waals surface area contributed by atoms with E-state index in [0.717, 1.165) is 0 Å². The third kappa shape index (κ3) is 3.07. The van der Waals surface area contributed by atoms with Crippen LogP contribution in [0.3, 0.4) is 0 Å². The first-order valence-corrected chi connectivity index (χ1v) is 10.0. The molecule has 1 atom stereocenters. The maximum Gasteiger partial charge on any atom is 0.284 e. The highest BCUT2D eigenvalue weighted by atomic mass is 35.5. The zero-order valence-corrected chi connectivity index (χ0v) is 17.3. The van der Waals surface area contributed by atoms with E-state index in [4.69, 9.17) is 17.3 Å². The molecule has 2 N–H and O–H groups in total. The standard InChI is InChI=1S/C21H15ClN8O2/c22-15-6-7-29-17(15)20(32)30(13-4-2-1-3-5-13)19(27-29)16-8-14(31)11-28(16)18-12(9-23)10-25-21(24)26-18/h1-7,10,16H,8,11H2,(H2,24,25,26)/t16-/m0/s1. The number of nitrogens with two attached hydrogens (primary N) is 1. The lowest BCUT2D eigenvalue weighted by molar-refractivity contribution is -0.116. The SMILES string of the molecule is N#Cc1cnc(N)nc1N1CC(=O)C[C@H]1c1nn2ccc(Cl)c2c(=O)n1-c1ccccc1. The summed E-state index contributed by atoms with van der Waals surface area (Å²) in [4.78, 5) is 35.8. The molecule has 1 fully saturated rings. The molecule has 0 radical (unpaired) electrons. The monoisotopic (exact) mass is 446 g/mol. The summed E-state index contributed by atoms with van der Waals surface area (Å²) in [6.45, 7) is -0.00900. The summed E-state index contributed by atoms with van der Waals surface area (Å²) in [7, 11) is 0. The Kier molecular flexibility index (Phi) is 4.61. The third-order valence-electron chi connectivity index (χ3n) is 5.30. The lowest BCUT2D eigenvalue weighted by Gasteiger charge is -2.27. The number of ketones is 1. The van der Waals surface area contributed by atoms with E-state index >= 15 is 0 Å². The van der Waals surface area contributed by atoms with Crippen LogP contribution in [0.5, 0.6) is 0 Å². The van der Waals surface area contributed by atoms with Crippen molar-refractivity contribution < 1.29 is 4.79 Å². The topological polar surface area (TPSA) is 135 Å². The molecular weight excluding hydrogens is 432 g/mol. The van der Waals surface area contributed by atoms with Crippen LogP contribution in [0, 0.1) is 11.3 Å². The average Bonchev–Trinajstić information content (AvgIpc) is 3.36. The zero-order chi connectivity index (χ0) is 22.4. The quantitative estimate of drug-likeness (QED) is 0.504. The second kappa shape index (κ2) is 7.47. The van der Waals surface area contributed by atoms with Gasteiger partial charge in [-0.3, -0.25) is 14.2 Å². The molecule has 4 heterocycles. The molecule has 0 amide bonds. The largest absolute Gasteiger partial charge is 0.368 e. The first-order chi connectivity index (χ1) is 15.5. The van der Waals surface area contributed by atoms with Crippen molar-refractivity contribution in [3.63, 3.8) is 0 Å². The van der Waals surface area contributed by atoms with Crippen molar-refractivity contribution in [2.75, 3.05) is 17.2 Å². The number of nitrogens with zero attached hydrogens (tertiary/aromatic N) is 7. The van der Waals surface area contributed by atoms with Crippen LogP contribution in [0.25, 0.3) is 11.2 Å². The van der Waals surface area contributed by atoms with Crippen LogP contribution < -0.4 is 16.2 Å². The molecule has 1 saturated heterocycles. The number of nitrogen functional groups attached to an aromatic ring is 1. The van der Waals surface area contributed by atoms with Gasteiger partial charge in [0, 0.05) is 12.6 Å². The first kappa shape index (κ1) is 19.7. The van der Waals surface area contributed by atoms with Crippen molar-refractivity contribution in [3.05, 3.63) is 75.6 Å². The Morgan fingerprint density at radius 2 is 1.97 bits per heavy atom. The fourth-order valence-corrected chi connectivity index (χ4v) is 4.14. The molecule has 10 nitrogen and oxygen atoms in total. The molecule has 32 heavy (non-hydrogen) atoms. The van der Waals surface area contributed by atoms with Crippen molar-refractivity contribution in [2.24, 2.45) is 0 Å². The fourth-order valence-electron chi connectivity index (χ4n) is 3.92. The van der Waals surface area contributed by atoms with Gasteiger partial charge in [0.15, 0.2) is 17.4 Å². The van der Waals surface area contributed by atoms with Gasteiger partial charge in [-0.15, -0.1) is 0 Å². The van der Waals surface area contributed by atoms with Crippen molar-refractivity contribution in [2.45, 2.75) is 12.5 Å². The highest BCUT2D eigenvalue weighted by molar-refractivity contribution is 6.33. The zero-order valence-electron chi connectivity index (χ0n) is 16.5. The predicted octanol–water partition coefficient (Wildman–Crippen LogP) is 1.90. The van der Waals surface area contributed by atoms with Gasteiger partial charge in [0.25, 0.3) is 5.56 Å². The molecule has 4 aromatic rings. The summed E-state index contributed by atoms with van der Waals surface area (Å²) >= 11 is 6.25. The number of hydrogen-bond acceptors (Lipinski definition) is 8. The number of para-hydroxylation sites is 1. The normalized spacial score (nSPS) is 15.9. The summed E-state index contributed by atoms with van der Waals surface area (Å²) in [5, 5.41) is 14.5.